The van der Waals surface area contributed by atoms with Gasteiger partial charge in [0.05, 0.1) is 11.9 Å². The predicted octanol–water partition coefficient (Wildman–Crippen LogP) is 5.70. The zero-order chi connectivity index (χ0) is 23.4. The summed E-state index contributed by atoms with van der Waals surface area (Å²) >= 11 is 0. The fourth-order valence-electron chi connectivity index (χ4n) is 3.37. The molecule has 2 aromatic heterocycles. The third-order valence-corrected chi connectivity index (χ3v) is 4.97. The number of rotatable bonds is 8. The first-order valence-electron chi connectivity index (χ1n) is 10.2. The van der Waals surface area contributed by atoms with E-state index in [2.05, 4.69) is 27.3 Å². The van der Waals surface area contributed by atoms with Crippen molar-refractivity contribution >= 4 is 17.2 Å². The summed E-state index contributed by atoms with van der Waals surface area (Å²) in [5.74, 6) is 0.677. The number of nitrogens with zero attached hydrogens (tertiary/aromatic N) is 3. The third kappa shape index (κ3) is 5.54. The van der Waals surface area contributed by atoms with Crippen LogP contribution in [-0.2, 0) is 13.6 Å². The number of hydrogen-bond acceptors (Lipinski definition) is 5. The lowest BCUT2D eigenvalue weighted by atomic mass is 10.0. The molecule has 0 atom stereocenters. The van der Waals surface area contributed by atoms with Crippen LogP contribution in [0, 0.1) is 18.6 Å². The van der Waals surface area contributed by atoms with Crippen molar-refractivity contribution in [3.8, 4) is 11.5 Å². The average Bonchev–Trinajstić information content (AvgIpc) is 3.17. The first-order chi connectivity index (χ1) is 15.9. The summed E-state index contributed by atoms with van der Waals surface area (Å²) < 4.78 is 34.7. The first-order valence-corrected chi connectivity index (χ1v) is 10.2. The number of benzene rings is 2. The highest BCUT2D eigenvalue weighted by Gasteiger charge is 2.10. The Morgan fingerprint density at radius 2 is 1.91 bits per heavy atom. The van der Waals surface area contributed by atoms with Crippen molar-refractivity contribution in [3.05, 3.63) is 102 Å². The second-order valence-electron chi connectivity index (χ2n) is 7.55. The summed E-state index contributed by atoms with van der Waals surface area (Å²) in [4.78, 5) is 4.31. The maximum Gasteiger partial charge on any atom is 0.134 e. The van der Waals surface area contributed by atoms with E-state index < -0.39 is 11.6 Å². The standard InChI is InChI=1S/C25H23F2N5O/c1-16-23(17(2)29-13-18-9-19(26)11-20(27)10-18)5-4-6-24(16)33-22-7-8-28-25(12-22)31-21-14-30-32(3)15-21/h4-12,14-15,29H,2,13H2,1,3H3,(H,28,31). The van der Waals surface area contributed by atoms with Crippen LogP contribution in [0.15, 0.2) is 73.7 Å². The Balaban J connectivity index is 1.46. The molecule has 33 heavy (non-hydrogen) atoms. The van der Waals surface area contributed by atoms with Crippen molar-refractivity contribution < 1.29 is 13.5 Å². The van der Waals surface area contributed by atoms with E-state index in [1.807, 2.05) is 38.4 Å². The van der Waals surface area contributed by atoms with Crippen LogP contribution in [0.1, 0.15) is 16.7 Å². The van der Waals surface area contributed by atoms with Crippen molar-refractivity contribution in [3.63, 3.8) is 0 Å². The Morgan fingerprint density at radius 1 is 1.12 bits per heavy atom. The molecule has 0 aliphatic carbocycles. The van der Waals surface area contributed by atoms with Gasteiger partial charge in [-0.15, -0.1) is 0 Å². The molecular weight excluding hydrogens is 424 g/mol. The minimum absolute atomic E-state index is 0.242. The smallest absolute Gasteiger partial charge is 0.134 e. The number of anilines is 2. The molecule has 0 saturated carbocycles. The summed E-state index contributed by atoms with van der Waals surface area (Å²) in [6.07, 6.45) is 5.21. The highest BCUT2D eigenvalue weighted by atomic mass is 19.1. The van der Waals surface area contributed by atoms with Gasteiger partial charge in [-0.25, -0.2) is 13.8 Å². The Bertz CT molecular complexity index is 1280. The normalized spacial score (nSPS) is 10.7. The minimum atomic E-state index is -0.612. The van der Waals surface area contributed by atoms with Gasteiger partial charge in [-0.2, -0.15) is 5.10 Å². The van der Waals surface area contributed by atoms with Gasteiger partial charge in [-0.1, -0.05) is 18.7 Å². The zero-order valence-corrected chi connectivity index (χ0v) is 18.3. The van der Waals surface area contributed by atoms with Gasteiger partial charge in [-0.05, 0) is 36.8 Å². The van der Waals surface area contributed by atoms with Crippen molar-refractivity contribution in [1.29, 1.82) is 0 Å². The molecule has 0 saturated heterocycles. The van der Waals surface area contributed by atoms with E-state index in [1.54, 1.807) is 29.2 Å². The van der Waals surface area contributed by atoms with E-state index in [9.17, 15) is 8.78 Å². The Labute approximate surface area is 190 Å². The summed E-state index contributed by atoms with van der Waals surface area (Å²) in [5, 5.41) is 10.4. The minimum Gasteiger partial charge on any atom is -0.457 e. The maximum atomic E-state index is 13.4. The lowest BCUT2D eigenvalue weighted by Crippen LogP contribution is -2.12. The molecule has 0 radical (unpaired) electrons. The highest BCUT2D eigenvalue weighted by molar-refractivity contribution is 5.67. The quantitative estimate of drug-likeness (QED) is 0.363. The lowest BCUT2D eigenvalue weighted by Gasteiger charge is -2.16. The van der Waals surface area contributed by atoms with Gasteiger partial charge in [0.25, 0.3) is 0 Å². The molecule has 0 aliphatic heterocycles. The van der Waals surface area contributed by atoms with Crippen LogP contribution >= 0.6 is 0 Å². The number of nitrogens with one attached hydrogen (secondary N) is 2. The number of aryl methyl sites for hydroxylation is 1. The van der Waals surface area contributed by atoms with Gasteiger partial charge in [-0.3, -0.25) is 4.68 Å². The van der Waals surface area contributed by atoms with Crippen LogP contribution in [0.2, 0.25) is 0 Å². The van der Waals surface area contributed by atoms with Crippen molar-refractivity contribution in [2.45, 2.75) is 13.5 Å². The van der Waals surface area contributed by atoms with E-state index >= 15 is 0 Å². The summed E-state index contributed by atoms with van der Waals surface area (Å²) in [6.45, 7) is 6.24. The van der Waals surface area contributed by atoms with Gasteiger partial charge in [0.15, 0.2) is 0 Å². The van der Waals surface area contributed by atoms with Gasteiger partial charge < -0.3 is 15.4 Å². The predicted molar refractivity (Wildman–Crippen MR) is 124 cm³/mol. The third-order valence-electron chi connectivity index (χ3n) is 4.97. The van der Waals surface area contributed by atoms with E-state index in [0.717, 1.165) is 22.9 Å². The number of aromatic nitrogens is 3. The fraction of sp³-hybridized carbons (Fsp3) is 0.120. The molecule has 0 unspecified atom stereocenters. The van der Waals surface area contributed by atoms with Crippen LogP contribution in [0.5, 0.6) is 11.5 Å². The molecule has 0 amide bonds. The monoisotopic (exact) mass is 447 g/mol. The van der Waals surface area contributed by atoms with E-state index in [4.69, 9.17) is 4.74 Å². The van der Waals surface area contributed by atoms with Gasteiger partial charge >= 0.3 is 0 Å². The van der Waals surface area contributed by atoms with Crippen molar-refractivity contribution in [2.75, 3.05) is 5.32 Å². The topological polar surface area (TPSA) is 64.0 Å². The molecule has 0 spiro atoms. The molecule has 4 aromatic rings. The van der Waals surface area contributed by atoms with Crippen LogP contribution < -0.4 is 15.4 Å². The number of ether oxygens (including phenoxy) is 1. The Hall–Kier alpha value is -4.20. The summed E-state index contributed by atoms with van der Waals surface area (Å²) in [6, 6.07) is 12.6. The second kappa shape index (κ2) is 9.52. The fourth-order valence-corrected chi connectivity index (χ4v) is 3.37. The first kappa shape index (κ1) is 22.0. The molecular formula is C25H23F2N5O. The molecule has 168 valence electrons. The number of hydrogen-bond donors (Lipinski definition) is 2. The molecule has 2 N–H and O–H groups in total. The molecule has 0 fully saturated rings. The van der Waals surface area contributed by atoms with Crippen LogP contribution in [0.3, 0.4) is 0 Å². The largest absolute Gasteiger partial charge is 0.457 e. The SMILES string of the molecule is C=C(NCc1cc(F)cc(F)c1)c1cccc(Oc2ccnc(Nc3cnn(C)c3)c2)c1C. The molecule has 4 rings (SSSR count). The van der Waals surface area contributed by atoms with Crippen LogP contribution in [0.25, 0.3) is 5.70 Å². The Morgan fingerprint density at radius 3 is 2.64 bits per heavy atom. The summed E-state index contributed by atoms with van der Waals surface area (Å²) in [7, 11) is 1.84. The van der Waals surface area contributed by atoms with Crippen LogP contribution in [-0.4, -0.2) is 14.8 Å². The molecule has 2 aromatic carbocycles. The maximum absolute atomic E-state index is 13.4. The Kier molecular flexibility index (Phi) is 6.35. The average molecular weight is 447 g/mol. The molecule has 0 aliphatic rings. The second-order valence-corrected chi connectivity index (χ2v) is 7.55. The number of halogens is 2. The van der Waals surface area contributed by atoms with Crippen molar-refractivity contribution in [1.82, 2.24) is 20.1 Å². The molecule has 2 heterocycles. The van der Waals surface area contributed by atoms with Crippen LogP contribution in [0.4, 0.5) is 20.3 Å². The van der Waals surface area contributed by atoms with E-state index in [0.29, 0.717) is 28.6 Å². The zero-order valence-electron chi connectivity index (χ0n) is 18.3. The summed E-state index contributed by atoms with van der Waals surface area (Å²) in [5.41, 5.74) is 3.65. The molecule has 8 heteroatoms. The molecule has 6 nitrogen and oxygen atoms in total. The number of pyridine rings is 1. The van der Waals surface area contributed by atoms with Gasteiger partial charge in [0.1, 0.15) is 29.0 Å². The van der Waals surface area contributed by atoms with E-state index in [-0.39, 0.29) is 6.54 Å². The lowest BCUT2D eigenvalue weighted by molar-refractivity contribution is 0.478. The van der Waals surface area contributed by atoms with Crippen molar-refractivity contribution in [2.24, 2.45) is 7.05 Å². The van der Waals surface area contributed by atoms with E-state index in [1.165, 1.54) is 12.1 Å². The van der Waals surface area contributed by atoms with Gasteiger partial charge in [0.2, 0.25) is 0 Å². The van der Waals surface area contributed by atoms with Gasteiger partial charge in [0, 0.05) is 54.9 Å². The molecule has 0 bridgehead atoms. The highest BCUT2D eigenvalue weighted by Crippen LogP contribution is 2.30.